The number of anilines is 2. The zero-order valence-corrected chi connectivity index (χ0v) is 27.3. The fourth-order valence-electron chi connectivity index (χ4n) is 7.28. The van der Waals surface area contributed by atoms with Gasteiger partial charge in [0.05, 0.1) is 65.2 Å². The maximum atomic E-state index is 15.7. The lowest BCUT2D eigenvalue weighted by Crippen LogP contribution is -2.47. The van der Waals surface area contributed by atoms with Gasteiger partial charge in [-0.3, -0.25) is 9.69 Å². The number of amides is 1. The van der Waals surface area contributed by atoms with Crippen molar-refractivity contribution in [3.8, 4) is 16.9 Å². The van der Waals surface area contributed by atoms with Crippen molar-refractivity contribution in [2.75, 3.05) is 62.5 Å². The van der Waals surface area contributed by atoms with Crippen LogP contribution in [-0.4, -0.2) is 98.0 Å². The maximum absolute atomic E-state index is 15.7. The minimum Gasteiger partial charge on any atom is -0.478 e. The molecule has 0 radical (unpaired) electrons. The third-order valence-electron chi connectivity index (χ3n) is 9.61. The summed E-state index contributed by atoms with van der Waals surface area (Å²) in [6.45, 7) is 2.64. The number of benzene rings is 3. The Morgan fingerprint density at radius 1 is 0.958 bits per heavy atom. The normalized spacial score (nSPS) is 21.0. The van der Waals surface area contributed by atoms with Gasteiger partial charge in [0.2, 0.25) is 0 Å². The minimum absolute atomic E-state index is 0.0107. The number of ether oxygens (including phenoxy) is 2. The molecular formula is C34H33Cl2F3N4O5. The molecule has 3 aromatic rings. The number of carbonyl (C=O) groups is 2. The molecule has 2 atom stereocenters. The number of fused-ring (bicyclic) bond motifs is 3. The van der Waals surface area contributed by atoms with E-state index < -0.39 is 24.1 Å². The summed E-state index contributed by atoms with van der Waals surface area (Å²) in [5, 5.41) is 10.3. The van der Waals surface area contributed by atoms with Crippen molar-refractivity contribution >= 4 is 46.5 Å². The van der Waals surface area contributed by atoms with Gasteiger partial charge >= 0.3 is 5.97 Å². The Labute approximate surface area is 285 Å². The van der Waals surface area contributed by atoms with Gasteiger partial charge in [-0.1, -0.05) is 41.4 Å². The maximum Gasteiger partial charge on any atom is 0.337 e. The lowest BCUT2D eigenvalue weighted by molar-refractivity contribution is 0.0516. The second kappa shape index (κ2) is 13.3. The molecule has 4 aliphatic heterocycles. The van der Waals surface area contributed by atoms with Crippen molar-refractivity contribution in [2.24, 2.45) is 0 Å². The second-order valence-electron chi connectivity index (χ2n) is 12.5. The lowest BCUT2D eigenvalue weighted by atomic mass is 9.96. The van der Waals surface area contributed by atoms with E-state index in [1.807, 2.05) is 4.90 Å². The molecule has 14 heteroatoms. The molecule has 0 aromatic heterocycles. The van der Waals surface area contributed by atoms with Crippen LogP contribution in [0.15, 0.2) is 42.5 Å². The first-order valence-electron chi connectivity index (χ1n) is 15.8. The van der Waals surface area contributed by atoms with E-state index in [-0.39, 0.29) is 58.6 Å². The Morgan fingerprint density at radius 3 is 2.29 bits per heavy atom. The van der Waals surface area contributed by atoms with Crippen LogP contribution in [0.25, 0.3) is 11.1 Å². The molecule has 48 heavy (non-hydrogen) atoms. The monoisotopic (exact) mass is 704 g/mol. The predicted octanol–water partition coefficient (Wildman–Crippen LogP) is 6.24. The van der Waals surface area contributed by atoms with Crippen LogP contribution in [0, 0.1) is 5.82 Å². The molecule has 7 rings (SSSR count). The molecule has 2 bridgehead atoms. The number of rotatable bonds is 7. The Morgan fingerprint density at radius 2 is 1.65 bits per heavy atom. The van der Waals surface area contributed by atoms with Crippen molar-refractivity contribution in [1.82, 2.24) is 9.80 Å². The third-order valence-corrected chi connectivity index (χ3v) is 10.2. The summed E-state index contributed by atoms with van der Waals surface area (Å²) in [5.74, 6) is -1.95. The zero-order valence-electron chi connectivity index (χ0n) is 25.8. The number of alkyl halides is 2. The van der Waals surface area contributed by atoms with E-state index >= 15 is 4.39 Å². The molecule has 9 nitrogen and oxygen atoms in total. The van der Waals surface area contributed by atoms with Gasteiger partial charge in [-0.05, 0) is 37.1 Å². The zero-order chi connectivity index (χ0) is 33.7. The fraction of sp³-hybridized carbons (Fsp3) is 0.412. The molecule has 0 spiro atoms. The van der Waals surface area contributed by atoms with Crippen LogP contribution in [0.2, 0.25) is 10.0 Å². The van der Waals surface area contributed by atoms with E-state index in [9.17, 15) is 23.5 Å². The Balaban J connectivity index is 1.13. The average Bonchev–Trinajstić information content (AvgIpc) is 3.30. The van der Waals surface area contributed by atoms with E-state index in [1.54, 1.807) is 41.3 Å². The number of aromatic carboxylic acids is 1. The quantitative estimate of drug-likeness (QED) is 0.309. The molecule has 1 N–H and O–H groups in total. The first-order valence-corrected chi connectivity index (χ1v) is 16.6. The number of nitrogens with zero attached hydrogens (tertiary/aromatic N) is 4. The molecule has 3 aromatic carbocycles. The summed E-state index contributed by atoms with van der Waals surface area (Å²) in [4.78, 5) is 33.1. The van der Waals surface area contributed by atoms with Gasteiger partial charge in [-0.15, -0.1) is 0 Å². The van der Waals surface area contributed by atoms with Crippen LogP contribution in [0.3, 0.4) is 0 Å². The number of para-hydroxylation sites is 1. The highest BCUT2D eigenvalue weighted by molar-refractivity contribution is 6.40. The third kappa shape index (κ3) is 6.15. The topological polar surface area (TPSA) is 85.8 Å². The number of carbonyl (C=O) groups excluding carboxylic acids is 1. The van der Waals surface area contributed by atoms with Crippen LogP contribution >= 0.6 is 23.2 Å². The standard InChI is InChI=1S/C34H33Cl2F3N4O5/c35-26-10-22(41-8-6-40(7-9-41)15-30(38)39)11-27(36)31(26)33(44)42-14-19-2-1-3-23(32(19)48-18-42)24-13-29(25(34(45)46)12-28(24)37)43-20-4-5-21(43)17-47-16-20/h1-3,10-13,20-21,30H,4-9,14-18H2,(H,45,46). The summed E-state index contributed by atoms with van der Waals surface area (Å²) in [5.41, 5.74) is 2.44. The number of carboxylic acid groups (broad SMARTS) is 1. The number of carboxylic acids is 1. The van der Waals surface area contributed by atoms with Crippen LogP contribution < -0.4 is 14.5 Å². The fourth-order valence-corrected chi connectivity index (χ4v) is 7.92. The van der Waals surface area contributed by atoms with Gasteiger partial charge in [0.25, 0.3) is 12.3 Å². The van der Waals surface area contributed by atoms with E-state index in [0.717, 1.165) is 18.9 Å². The van der Waals surface area contributed by atoms with Crippen molar-refractivity contribution in [1.29, 1.82) is 0 Å². The molecule has 3 saturated heterocycles. The largest absolute Gasteiger partial charge is 0.478 e. The molecule has 3 fully saturated rings. The van der Waals surface area contributed by atoms with Gasteiger partial charge in [-0.25, -0.2) is 18.0 Å². The van der Waals surface area contributed by atoms with Gasteiger partial charge in [0.15, 0.2) is 6.73 Å². The molecular weight excluding hydrogens is 672 g/mol. The lowest BCUT2D eigenvalue weighted by Gasteiger charge is -2.37. The molecule has 4 heterocycles. The molecule has 2 unspecified atom stereocenters. The molecule has 254 valence electrons. The smallest absolute Gasteiger partial charge is 0.337 e. The van der Waals surface area contributed by atoms with E-state index in [1.165, 1.54) is 4.90 Å². The number of piperazine rings is 1. The summed E-state index contributed by atoms with van der Waals surface area (Å²) in [6.07, 6.45) is -0.666. The van der Waals surface area contributed by atoms with Crippen LogP contribution in [0.5, 0.6) is 5.75 Å². The summed E-state index contributed by atoms with van der Waals surface area (Å²) in [7, 11) is 0. The molecule has 0 aliphatic carbocycles. The van der Waals surface area contributed by atoms with Gasteiger partial charge < -0.3 is 29.3 Å². The minimum atomic E-state index is -2.39. The number of hydrogen-bond acceptors (Lipinski definition) is 7. The Bertz CT molecular complexity index is 1720. The van der Waals surface area contributed by atoms with E-state index in [2.05, 4.69) is 4.90 Å². The highest BCUT2D eigenvalue weighted by Crippen LogP contribution is 2.43. The summed E-state index contributed by atoms with van der Waals surface area (Å²) >= 11 is 13.2. The van der Waals surface area contributed by atoms with Gasteiger partial charge in [0, 0.05) is 48.6 Å². The highest BCUT2D eigenvalue weighted by atomic mass is 35.5. The highest BCUT2D eigenvalue weighted by Gasteiger charge is 2.40. The SMILES string of the molecule is O=C(O)c1cc(F)c(-c2cccc3c2OCN(C(=O)c2c(Cl)cc(N4CCN(CC(F)F)CC4)cc2Cl)C3)cc1N1C2CCC1COC2. The Hall–Kier alpha value is -3.71. The first kappa shape index (κ1) is 32.8. The van der Waals surface area contributed by atoms with Crippen molar-refractivity contribution in [3.63, 3.8) is 0 Å². The number of halogens is 5. The molecule has 4 aliphatic rings. The summed E-state index contributed by atoms with van der Waals surface area (Å²) < 4.78 is 53.0. The Kier molecular flexibility index (Phi) is 9.10. The molecule has 0 saturated carbocycles. The first-order chi connectivity index (χ1) is 23.1. The van der Waals surface area contributed by atoms with Crippen LogP contribution in [0.4, 0.5) is 24.5 Å². The van der Waals surface area contributed by atoms with Crippen molar-refractivity contribution in [2.45, 2.75) is 37.9 Å². The van der Waals surface area contributed by atoms with E-state index in [4.69, 9.17) is 32.7 Å². The van der Waals surface area contributed by atoms with E-state index in [0.29, 0.717) is 67.6 Å². The number of hydrogen-bond donors (Lipinski definition) is 1. The van der Waals surface area contributed by atoms with Crippen LogP contribution in [0.1, 0.15) is 39.1 Å². The molecule has 1 amide bonds. The second-order valence-corrected chi connectivity index (χ2v) is 13.3. The predicted molar refractivity (Wildman–Crippen MR) is 175 cm³/mol. The van der Waals surface area contributed by atoms with Gasteiger partial charge in [-0.2, -0.15) is 0 Å². The number of morpholine rings is 1. The van der Waals surface area contributed by atoms with Gasteiger partial charge in [0.1, 0.15) is 11.6 Å². The van der Waals surface area contributed by atoms with Crippen molar-refractivity contribution < 1.29 is 37.3 Å². The summed E-state index contributed by atoms with van der Waals surface area (Å²) in [6, 6.07) is 11.2. The van der Waals surface area contributed by atoms with Crippen LogP contribution in [-0.2, 0) is 11.3 Å². The van der Waals surface area contributed by atoms with Crippen molar-refractivity contribution in [3.05, 3.63) is 75.0 Å². The average molecular weight is 706 g/mol.